The highest BCUT2D eigenvalue weighted by atomic mass is 16.2. The highest BCUT2D eigenvalue weighted by Gasteiger charge is 2.45. The lowest BCUT2D eigenvalue weighted by molar-refractivity contribution is -0.127. The van der Waals surface area contributed by atoms with E-state index in [1.54, 1.807) is 22.3 Å². The lowest BCUT2D eigenvalue weighted by Gasteiger charge is -2.32. The number of nitrogens with one attached hydrogen (secondary N) is 2. The smallest absolute Gasteiger partial charge is 0.223 e. The zero-order chi connectivity index (χ0) is 32.9. The van der Waals surface area contributed by atoms with Crippen molar-refractivity contribution in [3.05, 3.63) is 70.8 Å². The van der Waals surface area contributed by atoms with E-state index in [1.165, 1.54) is 77.3 Å². The Kier molecular flexibility index (Phi) is 9.07. The molecule has 4 bridgehead atoms. The molecule has 5 fully saturated rings. The molecule has 6 atom stereocenters. The van der Waals surface area contributed by atoms with Crippen molar-refractivity contribution in [2.24, 2.45) is 23.7 Å². The molecule has 2 amide bonds. The predicted octanol–water partition coefficient (Wildman–Crippen LogP) is 8.32. The monoisotopic (exact) mass is 662 g/mol. The van der Waals surface area contributed by atoms with Crippen LogP contribution in [0.1, 0.15) is 156 Å². The minimum absolute atomic E-state index is 0.00324. The Bertz CT molecular complexity index is 1340. The maximum atomic E-state index is 13.3. The summed E-state index contributed by atoms with van der Waals surface area (Å²) < 4.78 is 0. The molecule has 6 heteroatoms. The fraction of sp³-hybridized carbons (Fsp3) is 0.674. The Labute approximate surface area is 294 Å². The number of rotatable bonds is 10. The van der Waals surface area contributed by atoms with Gasteiger partial charge in [-0.2, -0.15) is 0 Å². The topological polar surface area (TPSA) is 64.7 Å². The van der Waals surface area contributed by atoms with Crippen LogP contribution in [-0.2, 0) is 9.59 Å². The molecule has 0 aromatic heterocycles. The standard InChI is InChI=1S/C43H58N4O2/c48-42(44-32-15-9-28(10-16-32)23-25-46-38-19-20-39(46)35-6-2-1-5-34(35)38)30-13-14-31(27-30)43(49)45-33-17-11-29(12-18-33)24-26-47-40-21-22-41(47)37-8-4-3-7-36(37)40/h1-8,28-33,38-41H,9-27H2,(H,44,48)(H,45,49). The number of amides is 2. The van der Waals surface area contributed by atoms with Gasteiger partial charge in [0.25, 0.3) is 0 Å². The maximum Gasteiger partial charge on any atom is 0.223 e. The second kappa shape index (κ2) is 13.8. The van der Waals surface area contributed by atoms with E-state index in [0.29, 0.717) is 36.3 Å². The van der Waals surface area contributed by atoms with E-state index in [-0.39, 0.29) is 23.7 Å². The largest absolute Gasteiger partial charge is 0.353 e. The van der Waals surface area contributed by atoms with E-state index < -0.39 is 0 Å². The van der Waals surface area contributed by atoms with Crippen LogP contribution in [0.3, 0.4) is 0 Å². The summed E-state index contributed by atoms with van der Waals surface area (Å²) in [4.78, 5) is 32.1. The first-order valence-corrected chi connectivity index (χ1v) is 20.4. The van der Waals surface area contributed by atoms with Gasteiger partial charge in [0.1, 0.15) is 0 Å². The van der Waals surface area contributed by atoms with Crippen LogP contribution < -0.4 is 10.6 Å². The van der Waals surface area contributed by atoms with Gasteiger partial charge in [0, 0.05) is 48.1 Å². The molecule has 2 saturated heterocycles. The second-order valence-corrected chi connectivity index (χ2v) is 17.2. The van der Waals surface area contributed by atoms with Gasteiger partial charge in [-0.15, -0.1) is 0 Å². The summed E-state index contributed by atoms with van der Waals surface area (Å²) in [6, 6.07) is 21.4. The summed E-state index contributed by atoms with van der Waals surface area (Å²) in [6.07, 6.45) is 19.6. The van der Waals surface area contributed by atoms with Crippen LogP contribution in [-0.4, -0.2) is 46.8 Å². The molecule has 7 aliphatic rings. The number of benzene rings is 2. The first kappa shape index (κ1) is 32.2. The van der Waals surface area contributed by atoms with Crippen LogP contribution in [0.5, 0.6) is 0 Å². The van der Waals surface area contributed by atoms with Crippen molar-refractivity contribution >= 4 is 11.8 Å². The number of carbonyl (C=O) groups excluding carboxylic acids is 2. The van der Waals surface area contributed by atoms with Gasteiger partial charge in [0.05, 0.1) is 0 Å². The molecule has 2 N–H and O–H groups in total. The Morgan fingerprint density at radius 2 is 0.837 bits per heavy atom. The molecule has 0 spiro atoms. The zero-order valence-electron chi connectivity index (χ0n) is 29.5. The zero-order valence-corrected chi connectivity index (χ0v) is 29.5. The van der Waals surface area contributed by atoms with Gasteiger partial charge in [-0.1, -0.05) is 48.5 Å². The Morgan fingerprint density at radius 3 is 1.18 bits per heavy atom. The van der Waals surface area contributed by atoms with Crippen molar-refractivity contribution in [2.45, 2.75) is 145 Å². The molecular weight excluding hydrogens is 604 g/mol. The number of hydrogen-bond donors (Lipinski definition) is 2. The third-order valence-electron chi connectivity index (χ3n) is 14.6. The first-order valence-electron chi connectivity index (χ1n) is 20.4. The third-order valence-corrected chi connectivity index (χ3v) is 14.6. The molecule has 9 rings (SSSR count). The summed E-state index contributed by atoms with van der Waals surface area (Å²) >= 11 is 0. The highest BCUT2D eigenvalue weighted by molar-refractivity contribution is 5.83. The fourth-order valence-electron chi connectivity index (χ4n) is 11.9. The minimum atomic E-state index is 0.00324. The predicted molar refractivity (Wildman–Crippen MR) is 194 cm³/mol. The minimum Gasteiger partial charge on any atom is -0.353 e. The molecule has 3 aliphatic carbocycles. The summed E-state index contributed by atoms with van der Waals surface area (Å²) in [7, 11) is 0. The normalized spacial score (nSPS) is 36.5. The number of fused-ring (bicyclic) bond motifs is 10. The van der Waals surface area contributed by atoms with E-state index in [2.05, 4.69) is 69.0 Å². The molecule has 6 unspecified atom stereocenters. The Morgan fingerprint density at radius 1 is 0.490 bits per heavy atom. The maximum absolute atomic E-state index is 13.3. The van der Waals surface area contributed by atoms with Crippen LogP contribution in [0, 0.1) is 23.7 Å². The molecule has 4 heterocycles. The summed E-state index contributed by atoms with van der Waals surface area (Å²) in [5, 5.41) is 6.84. The molecular formula is C43H58N4O2. The molecule has 4 aliphatic heterocycles. The average Bonchev–Trinajstić information content (AvgIpc) is 3.98. The van der Waals surface area contributed by atoms with Gasteiger partial charge >= 0.3 is 0 Å². The molecule has 2 aromatic carbocycles. The van der Waals surface area contributed by atoms with E-state index in [9.17, 15) is 9.59 Å². The summed E-state index contributed by atoms with van der Waals surface area (Å²) in [5.41, 5.74) is 6.34. The fourth-order valence-corrected chi connectivity index (χ4v) is 11.9. The van der Waals surface area contributed by atoms with Crippen molar-refractivity contribution < 1.29 is 9.59 Å². The van der Waals surface area contributed by atoms with Crippen LogP contribution >= 0.6 is 0 Å². The lowest BCUT2D eigenvalue weighted by atomic mass is 9.83. The molecule has 3 saturated carbocycles. The summed E-state index contributed by atoms with van der Waals surface area (Å²) in [5.74, 6) is 1.99. The SMILES string of the molecule is O=C(NC1CCC(CCN2C3CCC2c2ccccc23)CC1)C1CCC(C(=O)NC2CCC(CCN3C4CCC3c3ccccc34)CC2)C1. The third kappa shape index (κ3) is 6.28. The molecule has 6 nitrogen and oxygen atoms in total. The summed E-state index contributed by atoms with van der Waals surface area (Å²) in [6.45, 7) is 2.43. The van der Waals surface area contributed by atoms with E-state index in [0.717, 1.165) is 56.8 Å². The van der Waals surface area contributed by atoms with Gasteiger partial charge in [0.15, 0.2) is 0 Å². The molecule has 49 heavy (non-hydrogen) atoms. The van der Waals surface area contributed by atoms with Gasteiger partial charge in [0.2, 0.25) is 11.8 Å². The van der Waals surface area contributed by atoms with Crippen molar-refractivity contribution in [1.29, 1.82) is 0 Å². The first-order chi connectivity index (χ1) is 24.1. The van der Waals surface area contributed by atoms with Crippen molar-refractivity contribution in [3.8, 4) is 0 Å². The number of carbonyl (C=O) groups is 2. The van der Waals surface area contributed by atoms with Crippen molar-refractivity contribution in [3.63, 3.8) is 0 Å². The van der Waals surface area contributed by atoms with Crippen molar-refractivity contribution in [2.75, 3.05) is 13.1 Å². The van der Waals surface area contributed by atoms with E-state index in [4.69, 9.17) is 0 Å². The molecule has 262 valence electrons. The molecule has 2 aromatic rings. The lowest BCUT2D eigenvalue weighted by Crippen LogP contribution is -2.42. The van der Waals surface area contributed by atoms with Gasteiger partial charge < -0.3 is 10.6 Å². The molecule has 0 radical (unpaired) electrons. The Balaban J connectivity index is 0.659. The average molecular weight is 663 g/mol. The van der Waals surface area contributed by atoms with Gasteiger partial charge in [-0.05, 0) is 156 Å². The van der Waals surface area contributed by atoms with E-state index >= 15 is 0 Å². The van der Waals surface area contributed by atoms with Crippen LogP contribution in [0.4, 0.5) is 0 Å². The van der Waals surface area contributed by atoms with Crippen LogP contribution in [0.15, 0.2) is 48.5 Å². The van der Waals surface area contributed by atoms with E-state index in [1.807, 2.05) is 0 Å². The number of nitrogens with zero attached hydrogens (tertiary/aromatic N) is 2. The highest BCUT2D eigenvalue weighted by Crippen LogP contribution is 2.54. The second-order valence-electron chi connectivity index (χ2n) is 17.2. The van der Waals surface area contributed by atoms with Crippen molar-refractivity contribution in [1.82, 2.24) is 20.4 Å². The van der Waals surface area contributed by atoms with Gasteiger partial charge in [-0.25, -0.2) is 0 Å². The Hall–Kier alpha value is -2.70. The van der Waals surface area contributed by atoms with Gasteiger partial charge in [-0.3, -0.25) is 19.4 Å². The quantitative estimate of drug-likeness (QED) is 0.269. The van der Waals surface area contributed by atoms with Crippen LogP contribution in [0.2, 0.25) is 0 Å². The van der Waals surface area contributed by atoms with Crippen LogP contribution in [0.25, 0.3) is 0 Å². The number of hydrogen-bond acceptors (Lipinski definition) is 4.